The Morgan fingerprint density at radius 3 is 2.60 bits per heavy atom. The number of aryl methyl sites for hydroxylation is 1. The fraction of sp³-hybridized carbons (Fsp3) is 0.467. The molecule has 110 valence electrons. The van der Waals surface area contributed by atoms with E-state index in [2.05, 4.69) is 22.9 Å². The summed E-state index contributed by atoms with van der Waals surface area (Å²) < 4.78 is 0. The van der Waals surface area contributed by atoms with E-state index in [-0.39, 0.29) is 18.0 Å². The molecule has 0 aliphatic rings. The molecule has 1 aromatic rings. The molecule has 3 amide bonds. The number of carbonyl (C=O) groups excluding carboxylic acids is 2. The number of nitrogens with one attached hydrogen (secondary N) is 3. The van der Waals surface area contributed by atoms with Gasteiger partial charge in [-0.1, -0.05) is 19.4 Å². The molecule has 0 aliphatic carbocycles. The third-order valence-corrected chi connectivity index (χ3v) is 3.07. The van der Waals surface area contributed by atoms with E-state index in [1.165, 1.54) is 0 Å². The Hall–Kier alpha value is -2.04. The van der Waals surface area contributed by atoms with Crippen LogP contribution in [0.4, 0.5) is 10.5 Å². The van der Waals surface area contributed by atoms with E-state index in [1.54, 1.807) is 19.2 Å². The van der Waals surface area contributed by atoms with Crippen molar-refractivity contribution in [3.8, 4) is 0 Å². The Bertz CT molecular complexity index is 486. The standard InChI is InChI=1S/C15H23N3O2/c1-5-6-11(3)17-15(20)18-13-9-12(14(19)16-4)8-7-10(13)2/h7-9,11H,5-6H2,1-4H3,(H,16,19)(H2,17,18,20)/t11-/m0/s1. The Morgan fingerprint density at radius 2 is 2.00 bits per heavy atom. The molecule has 5 heteroatoms. The van der Waals surface area contributed by atoms with Crippen LogP contribution < -0.4 is 16.0 Å². The lowest BCUT2D eigenvalue weighted by atomic mass is 10.1. The van der Waals surface area contributed by atoms with E-state index < -0.39 is 0 Å². The minimum absolute atomic E-state index is 0.127. The SMILES string of the molecule is CCC[C@H](C)NC(=O)Nc1cc(C(=O)NC)ccc1C. The zero-order chi connectivity index (χ0) is 15.1. The van der Waals surface area contributed by atoms with Gasteiger partial charge >= 0.3 is 6.03 Å². The van der Waals surface area contributed by atoms with Crippen LogP contribution >= 0.6 is 0 Å². The molecule has 0 bridgehead atoms. The van der Waals surface area contributed by atoms with Gasteiger partial charge in [0, 0.05) is 24.3 Å². The fourth-order valence-electron chi connectivity index (χ4n) is 1.93. The smallest absolute Gasteiger partial charge is 0.319 e. The van der Waals surface area contributed by atoms with Crippen LogP contribution in [0.25, 0.3) is 0 Å². The normalized spacial score (nSPS) is 11.6. The first-order chi connectivity index (χ1) is 9.47. The van der Waals surface area contributed by atoms with Crippen molar-refractivity contribution in [3.05, 3.63) is 29.3 Å². The molecule has 20 heavy (non-hydrogen) atoms. The van der Waals surface area contributed by atoms with Gasteiger partial charge in [-0.15, -0.1) is 0 Å². The first kappa shape index (κ1) is 16.0. The van der Waals surface area contributed by atoms with Gasteiger partial charge in [0.05, 0.1) is 0 Å². The quantitative estimate of drug-likeness (QED) is 0.774. The lowest BCUT2D eigenvalue weighted by molar-refractivity contribution is 0.0963. The molecule has 0 unspecified atom stereocenters. The summed E-state index contributed by atoms with van der Waals surface area (Å²) in [6, 6.07) is 5.11. The Morgan fingerprint density at radius 1 is 1.30 bits per heavy atom. The van der Waals surface area contributed by atoms with Crippen LogP contribution in [0.3, 0.4) is 0 Å². The predicted molar refractivity (Wildman–Crippen MR) is 81.1 cm³/mol. The van der Waals surface area contributed by atoms with Gasteiger partial charge < -0.3 is 16.0 Å². The molecule has 0 spiro atoms. The van der Waals surface area contributed by atoms with E-state index in [1.807, 2.05) is 19.9 Å². The number of urea groups is 1. The van der Waals surface area contributed by atoms with Crippen LogP contribution in [0.5, 0.6) is 0 Å². The van der Waals surface area contributed by atoms with Gasteiger partial charge in [-0.2, -0.15) is 0 Å². The van der Waals surface area contributed by atoms with Crippen LogP contribution in [-0.4, -0.2) is 25.0 Å². The maximum atomic E-state index is 11.9. The second-order valence-electron chi connectivity index (χ2n) is 4.90. The third kappa shape index (κ3) is 4.57. The maximum absolute atomic E-state index is 11.9. The summed E-state index contributed by atoms with van der Waals surface area (Å²) in [6.45, 7) is 5.93. The maximum Gasteiger partial charge on any atom is 0.319 e. The summed E-state index contributed by atoms with van der Waals surface area (Å²) in [5, 5.41) is 8.22. The first-order valence-corrected chi connectivity index (χ1v) is 6.88. The molecule has 3 N–H and O–H groups in total. The molecule has 0 fully saturated rings. The molecule has 1 atom stereocenters. The largest absolute Gasteiger partial charge is 0.355 e. The predicted octanol–water partition coefficient (Wildman–Crippen LogP) is 2.66. The molecule has 0 saturated heterocycles. The summed E-state index contributed by atoms with van der Waals surface area (Å²) >= 11 is 0. The summed E-state index contributed by atoms with van der Waals surface area (Å²) in [5.74, 6) is -0.173. The van der Waals surface area contributed by atoms with E-state index in [0.29, 0.717) is 11.3 Å². The van der Waals surface area contributed by atoms with Gasteiger partial charge in [0.15, 0.2) is 0 Å². The Kier molecular flexibility index (Phi) is 6.03. The van der Waals surface area contributed by atoms with Crippen molar-refractivity contribution in [2.24, 2.45) is 0 Å². The highest BCUT2D eigenvalue weighted by Crippen LogP contribution is 2.17. The van der Waals surface area contributed by atoms with Crippen LogP contribution in [0.1, 0.15) is 42.6 Å². The molecule has 5 nitrogen and oxygen atoms in total. The zero-order valence-corrected chi connectivity index (χ0v) is 12.5. The number of rotatable bonds is 5. The van der Waals surface area contributed by atoms with Gasteiger partial charge in [-0.3, -0.25) is 4.79 Å². The van der Waals surface area contributed by atoms with E-state index in [4.69, 9.17) is 0 Å². The highest BCUT2D eigenvalue weighted by atomic mass is 16.2. The van der Waals surface area contributed by atoms with E-state index in [0.717, 1.165) is 18.4 Å². The summed E-state index contributed by atoms with van der Waals surface area (Å²) in [5.41, 5.74) is 2.08. The van der Waals surface area contributed by atoms with Crippen LogP contribution in [0, 0.1) is 6.92 Å². The summed E-state index contributed by atoms with van der Waals surface area (Å²) in [6.07, 6.45) is 1.96. The van der Waals surface area contributed by atoms with Crippen LogP contribution in [0.15, 0.2) is 18.2 Å². The number of anilines is 1. The molecule has 0 aromatic heterocycles. The second kappa shape index (κ2) is 7.53. The topological polar surface area (TPSA) is 70.2 Å². The van der Waals surface area contributed by atoms with Crippen molar-refractivity contribution in [1.82, 2.24) is 10.6 Å². The molecule has 1 rings (SSSR count). The van der Waals surface area contributed by atoms with Crippen molar-refractivity contribution in [3.63, 3.8) is 0 Å². The monoisotopic (exact) mass is 277 g/mol. The van der Waals surface area contributed by atoms with E-state index >= 15 is 0 Å². The molecule has 0 saturated carbocycles. The Labute approximate surface area is 120 Å². The minimum atomic E-state index is -0.247. The molecule has 0 aliphatic heterocycles. The van der Waals surface area contributed by atoms with Crippen molar-refractivity contribution in [2.75, 3.05) is 12.4 Å². The Balaban J connectivity index is 2.76. The lowest BCUT2D eigenvalue weighted by Gasteiger charge is -2.15. The zero-order valence-electron chi connectivity index (χ0n) is 12.5. The van der Waals surface area contributed by atoms with Gasteiger partial charge in [0.1, 0.15) is 0 Å². The summed E-state index contributed by atoms with van der Waals surface area (Å²) in [7, 11) is 1.58. The average molecular weight is 277 g/mol. The van der Waals surface area contributed by atoms with Gasteiger partial charge in [0.25, 0.3) is 5.91 Å². The number of carbonyl (C=O) groups is 2. The van der Waals surface area contributed by atoms with Gasteiger partial charge in [-0.25, -0.2) is 4.79 Å². The average Bonchev–Trinajstić information content (AvgIpc) is 2.40. The van der Waals surface area contributed by atoms with E-state index in [9.17, 15) is 9.59 Å². The van der Waals surface area contributed by atoms with Crippen molar-refractivity contribution < 1.29 is 9.59 Å². The number of benzene rings is 1. The molecule has 0 heterocycles. The van der Waals surface area contributed by atoms with Crippen LogP contribution in [-0.2, 0) is 0 Å². The van der Waals surface area contributed by atoms with Gasteiger partial charge in [-0.05, 0) is 38.0 Å². The lowest BCUT2D eigenvalue weighted by Crippen LogP contribution is -2.36. The van der Waals surface area contributed by atoms with Crippen molar-refractivity contribution in [1.29, 1.82) is 0 Å². The third-order valence-electron chi connectivity index (χ3n) is 3.07. The molecule has 0 radical (unpaired) electrons. The molecular weight excluding hydrogens is 254 g/mol. The summed E-state index contributed by atoms with van der Waals surface area (Å²) in [4.78, 5) is 23.5. The molecular formula is C15H23N3O2. The number of hydrogen-bond donors (Lipinski definition) is 3. The van der Waals surface area contributed by atoms with Crippen molar-refractivity contribution >= 4 is 17.6 Å². The first-order valence-electron chi connectivity index (χ1n) is 6.88. The molecule has 1 aromatic carbocycles. The van der Waals surface area contributed by atoms with Crippen molar-refractivity contribution in [2.45, 2.75) is 39.7 Å². The van der Waals surface area contributed by atoms with Crippen LogP contribution in [0.2, 0.25) is 0 Å². The number of amides is 3. The van der Waals surface area contributed by atoms with Gasteiger partial charge in [0.2, 0.25) is 0 Å². The highest BCUT2D eigenvalue weighted by molar-refractivity contribution is 5.97. The number of hydrogen-bond acceptors (Lipinski definition) is 2. The fourth-order valence-corrected chi connectivity index (χ4v) is 1.93. The highest BCUT2D eigenvalue weighted by Gasteiger charge is 2.10. The second-order valence-corrected chi connectivity index (χ2v) is 4.90. The minimum Gasteiger partial charge on any atom is -0.355 e.